The van der Waals surface area contributed by atoms with E-state index >= 15 is 0 Å². The summed E-state index contributed by atoms with van der Waals surface area (Å²) in [6, 6.07) is 7.28. The monoisotopic (exact) mass is 288 g/mol. The summed E-state index contributed by atoms with van der Waals surface area (Å²) in [6.07, 6.45) is 1.13. The molecule has 0 aliphatic carbocycles. The summed E-state index contributed by atoms with van der Waals surface area (Å²) in [5.74, 6) is -1.22. The van der Waals surface area contributed by atoms with Crippen molar-refractivity contribution in [1.82, 2.24) is 0 Å². The van der Waals surface area contributed by atoms with Gasteiger partial charge in [0.05, 0.1) is 6.61 Å². The van der Waals surface area contributed by atoms with Crippen molar-refractivity contribution >= 4 is 15.9 Å². The first-order valence-corrected chi connectivity index (χ1v) is 7.20. The largest absolute Gasteiger partial charge is 0.363 e. The molecule has 1 atom stereocenters. The number of unbranched alkanes of at least 4 members (excludes halogenated alkanes) is 1. The van der Waals surface area contributed by atoms with Crippen molar-refractivity contribution in [3.8, 4) is 0 Å². The van der Waals surface area contributed by atoms with E-state index in [4.69, 9.17) is 9.29 Å². The average Bonchev–Trinajstić information content (AvgIpc) is 2.37. The number of carbonyl (C=O) groups is 1. The van der Waals surface area contributed by atoms with Crippen molar-refractivity contribution in [2.24, 2.45) is 0 Å². The minimum Gasteiger partial charge on any atom is -0.345 e. The Labute approximate surface area is 111 Å². The van der Waals surface area contributed by atoms with Crippen molar-refractivity contribution in [1.29, 1.82) is 0 Å². The van der Waals surface area contributed by atoms with E-state index in [0.29, 0.717) is 12.8 Å². The van der Waals surface area contributed by atoms with E-state index in [1.807, 2.05) is 6.92 Å². The lowest BCUT2D eigenvalue weighted by Crippen LogP contribution is -2.49. The number of aliphatic hydroxyl groups is 1. The molecule has 0 amide bonds. The van der Waals surface area contributed by atoms with Gasteiger partial charge in [0, 0.05) is 5.56 Å². The molecule has 0 heterocycles. The number of ether oxygens (including phenoxy) is 1. The van der Waals surface area contributed by atoms with Gasteiger partial charge in [-0.1, -0.05) is 43.7 Å². The zero-order valence-electron chi connectivity index (χ0n) is 10.4. The summed E-state index contributed by atoms with van der Waals surface area (Å²) in [7, 11) is -5.11. The molecule has 19 heavy (non-hydrogen) atoms. The molecule has 1 unspecified atom stereocenters. The molecule has 1 aromatic rings. The number of hydrogen-bond donors (Lipinski definition) is 2. The number of hydrogen-bond acceptors (Lipinski definition) is 5. The van der Waals surface area contributed by atoms with Crippen LogP contribution in [-0.2, 0) is 14.9 Å². The second kappa shape index (κ2) is 6.25. The van der Waals surface area contributed by atoms with E-state index in [-0.39, 0.29) is 12.2 Å². The Bertz CT molecular complexity index is 524. The molecule has 0 aliphatic heterocycles. The molecule has 0 bridgehead atoms. The summed E-state index contributed by atoms with van der Waals surface area (Å²) in [5.41, 5.74) is -0.0703. The third-order valence-corrected chi connectivity index (χ3v) is 3.47. The van der Waals surface area contributed by atoms with E-state index < -0.39 is 21.0 Å². The van der Waals surface area contributed by atoms with Crippen molar-refractivity contribution < 1.29 is 27.6 Å². The number of Topliss-reactive ketones (excluding diaryl/α,β-unsaturated/α-hetero) is 1. The molecule has 1 rings (SSSR count). The van der Waals surface area contributed by atoms with Gasteiger partial charge in [-0.2, -0.15) is 8.42 Å². The van der Waals surface area contributed by atoms with Crippen LogP contribution in [0.2, 0.25) is 0 Å². The van der Waals surface area contributed by atoms with E-state index in [9.17, 15) is 18.3 Å². The van der Waals surface area contributed by atoms with Crippen molar-refractivity contribution in [3.05, 3.63) is 35.9 Å². The van der Waals surface area contributed by atoms with E-state index in [0.717, 1.165) is 0 Å². The minimum absolute atomic E-state index is 0.0703. The number of rotatable bonds is 7. The van der Waals surface area contributed by atoms with Crippen LogP contribution in [0.4, 0.5) is 0 Å². The van der Waals surface area contributed by atoms with Crippen molar-refractivity contribution in [2.45, 2.75) is 24.9 Å². The Kier molecular flexibility index (Phi) is 5.19. The molecule has 2 N–H and O–H groups in total. The van der Waals surface area contributed by atoms with Gasteiger partial charge in [-0.05, 0) is 6.42 Å². The van der Waals surface area contributed by atoms with Crippen molar-refractivity contribution in [2.75, 3.05) is 6.61 Å². The predicted molar refractivity (Wildman–Crippen MR) is 68.1 cm³/mol. The van der Waals surface area contributed by atoms with Gasteiger partial charge in [0.15, 0.2) is 0 Å². The van der Waals surface area contributed by atoms with E-state index in [1.54, 1.807) is 6.07 Å². The van der Waals surface area contributed by atoms with Crippen LogP contribution >= 0.6 is 0 Å². The molecule has 0 radical (unpaired) electrons. The Morgan fingerprint density at radius 3 is 2.37 bits per heavy atom. The maximum Gasteiger partial charge on any atom is 0.363 e. The highest BCUT2D eigenvalue weighted by Gasteiger charge is 2.50. The third-order valence-electron chi connectivity index (χ3n) is 2.47. The summed E-state index contributed by atoms with van der Waals surface area (Å²) in [4.78, 5) is 12.0. The Morgan fingerprint density at radius 1 is 1.32 bits per heavy atom. The lowest BCUT2D eigenvalue weighted by atomic mass is 10.1. The first kappa shape index (κ1) is 15.8. The van der Waals surface area contributed by atoms with Crippen molar-refractivity contribution in [3.63, 3.8) is 0 Å². The number of ketones is 1. The molecule has 0 saturated carbocycles. The normalized spacial score (nSPS) is 14.9. The average molecular weight is 288 g/mol. The van der Waals surface area contributed by atoms with Crippen LogP contribution in [0.15, 0.2) is 30.3 Å². The summed E-state index contributed by atoms with van der Waals surface area (Å²) < 4.78 is 36.2. The molecule has 0 aromatic heterocycles. The van der Waals surface area contributed by atoms with Gasteiger partial charge in [0.25, 0.3) is 0 Å². The van der Waals surface area contributed by atoms with E-state index in [2.05, 4.69) is 0 Å². The zero-order chi connectivity index (χ0) is 14.5. The Hall–Kier alpha value is -1.28. The number of benzene rings is 1. The van der Waals surface area contributed by atoms with Gasteiger partial charge < -0.3 is 9.84 Å². The smallest absolute Gasteiger partial charge is 0.345 e. The molecule has 0 spiro atoms. The molecular weight excluding hydrogens is 272 g/mol. The third kappa shape index (κ3) is 3.60. The fraction of sp³-hybridized carbons (Fsp3) is 0.417. The fourth-order valence-electron chi connectivity index (χ4n) is 1.38. The molecule has 106 valence electrons. The van der Waals surface area contributed by atoms with Crippen LogP contribution < -0.4 is 0 Å². The lowest BCUT2D eigenvalue weighted by molar-refractivity contribution is -0.111. The standard InChI is InChI=1S/C12H16O6S/c1-2-3-9-18-12(14,19(15,16)17)11(13)10-7-5-4-6-8-10/h4-8,14H,2-3,9H2,1H3,(H,15,16,17). The Morgan fingerprint density at radius 2 is 1.89 bits per heavy atom. The van der Waals surface area contributed by atoms with Gasteiger partial charge in [0.1, 0.15) is 0 Å². The van der Waals surface area contributed by atoms with Crippen LogP contribution in [0, 0.1) is 0 Å². The van der Waals surface area contributed by atoms with Crippen LogP contribution in [0.5, 0.6) is 0 Å². The highest BCUT2D eigenvalue weighted by molar-refractivity contribution is 7.87. The first-order valence-electron chi connectivity index (χ1n) is 5.76. The molecule has 0 fully saturated rings. The zero-order valence-corrected chi connectivity index (χ0v) is 11.3. The fourth-order valence-corrected chi connectivity index (χ4v) is 1.97. The number of carbonyl (C=O) groups excluding carboxylic acids is 1. The first-order chi connectivity index (χ1) is 8.83. The Balaban J connectivity index is 3.08. The van der Waals surface area contributed by atoms with Crippen LogP contribution in [0.25, 0.3) is 0 Å². The van der Waals surface area contributed by atoms with Gasteiger partial charge in [0.2, 0.25) is 5.78 Å². The van der Waals surface area contributed by atoms with Crippen LogP contribution in [0.1, 0.15) is 30.1 Å². The lowest BCUT2D eigenvalue weighted by Gasteiger charge is -2.23. The van der Waals surface area contributed by atoms with Crippen LogP contribution in [0.3, 0.4) is 0 Å². The molecular formula is C12H16O6S. The molecule has 1 aromatic carbocycles. The van der Waals surface area contributed by atoms with Crippen LogP contribution in [-0.4, -0.2) is 35.6 Å². The predicted octanol–water partition coefficient (Wildman–Crippen LogP) is 1.22. The summed E-state index contributed by atoms with van der Waals surface area (Å²) in [5, 5.41) is 6.63. The molecule has 7 heteroatoms. The molecule has 6 nitrogen and oxygen atoms in total. The second-order valence-electron chi connectivity index (χ2n) is 3.95. The van der Waals surface area contributed by atoms with Gasteiger partial charge in [-0.3, -0.25) is 9.35 Å². The highest BCUT2D eigenvalue weighted by Crippen LogP contribution is 2.21. The molecule has 0 aliphatic rings. The molecule has 0 saturated heterocycles. The highest BCUT2D eigenvalue weighted by atomic mass is 32.2. The SMILES string of the molecule is CCCCOC(O)(C(=O)c1ccccc1)S(=O)(=O)O. The minimum atomic E-state index is -5.11. The quantitative estimate of drug-likeness (QED) is 0.338. The topological polar surface area (TPSA) is 101 Å². The van der Waals surface area contributed by atoms with Gasteiger partial charge in [-0.15, -0.1) is 0 Å². The maximum absolute atomic E-state index is 12.0. The second-order valence-corrected chi connectivity index (χ2v) is 5.46. The maximum atomic E-state index is 12.0. The summed E-state index contributed by atoms with van der Waals surface area (Å²) >= 11 is 0. The van der Waals surface area contributed by atoms with E-state index in [1.165, 1.54) is 24.3 Å². The van der Waals surface area contributed by atoms with Gasteiger partial charge >= 0.3 is 15.2 Å². The summed E-state index contributed by atoms with van der Waals surface area (Å²) in [6.45, 7) is 1.67. The van der Waals surface area contributed by atoms with Gasteiger partial charge in [-0.25, -0.2) is 0 Å².